The minimum Gasteiger partial charge on any atom is -0.329 e. The summed E-state index contributed by atoms with van der Waals surface area (Å²) in [6.45, 7) is 6.08. The first-order valence-electron chi connectivity index (χ1n) is 7.41. The number of likely N-dealkylation sites (N-methyl/N-ethyl adjacent to an activating group) is 1. The lowest BCUT2D eigenvalue weighted by molar-refractivity contribution is -0.193. The van der Waals surface area contributed by atoms with E-state index in [1.54, 1.807) is 0 Å². The van der Waals surface area contributed by atoms with Crippen molar-refractivity contribution in [2.45, 2.75) is 64.1 Å². The molecule has 0 spiro atoms. The molecule has 2 atom stereocenters. The van der Waals surface area contributed by atoms with Crippen molar-refractivity contribution in [2.24, 2.45) is 11.7 Å². The molecular formula is C14H27F3N2. The van der Waals surface area contributed by atoms with Crippen LogP contribution in [0.15, 0.2) is 0 Å². The number of alkyl halides is 3. The van der Waals surface area contributed by atoms with Gasteiger partial charge in [0, 0.05) is 12.1 Å². The Morgan fingerprint density at radius 1 is 1.32 bits per heavy atom. The molecule has 0 saturated heterocycles. The van der Waals surface area contributed by atoms with E-state index in [0.717, 1.165) is 32.4 Å². The van der Waals surface area contributed by atoms with Crippen molar-refractivity contribution in [1.82, 2.24) is 4.90 Å². The number of hydrogen-bond donors (Lipinski definition) is 1. The zero-order chi connectivity index (χ0) is 14.5. The predicted octanol–water partition coefficient (Wildman–Crippen LogP) is 3.56. The van der Waals surface area contributed by atoms with Gasteiger partial charge in [0.25, 0.3) is 0 Å². The standard InChI is InChI=1S/C14H27F3N2/c1-3-5-9-19(4-2)13(11-18)8-6-7-12(10-13)14(15,16)17/h12H,3-11,18H2,1-2H3. The summed E-state index contributed by atoms with van der Waals surface area (Å²) >= 11 is 0. The molecule has 0 aromatic rings. The molecule has 1 aliphatic carbocycles. The highest BCUT2D eigenvalue weighted by Gasteiger charge is 2.48. The Labute approximate surface area is 114 Å². The molecule has 2 N–H and O–H groups in total. The third-order valence-electron chi connectivity index (χ3n) is 4.50. The first-order valence-corrected chi connectivity index (χ1v) is 7.41. The van der Waals surface area contributed by atoms with Gasteiger partial charge in [0.1, 0.15) is 0 Å². The van der Waals surface area contributed by atoms with E-state index >= 15 is 0 Å². The van der Waals surface area contributed by atoms with Crippen LogP contribution in [0.1, 0.15) is 52.4 Å². The molecule has 0 aromatic carbocycles. The van der Waals surface area contributed by atoms with Gasteiger partial charge in [-0.3, -0.25) is 4.90 Å². The van der Waals surface area contributed by atoms with Gasteiger partial charge in [-0.25, -0.2) is 0 Å². The number of nitrogens with zero attached hydrogens (tertiary/aromatic N) is 1. The maximum atomic E-state index is 13.0. The van der Waals surface area contributed by atoms with Crippen LogP contribution in [0.2, 0.25) is 0 Å². The van der Waals surface area contributed by atoms with E-state index in [1.807, 2.05) is 6.92 Å². The van der Waals surface area contributed by atoms with Crippen LogP contribution in [0.25, 0.3) is 0 Å². The van der Waals surface area contributed by atoms with Gasteiger partial charge in [-0.15, -0.1) is 0 Å². The van der Waals surface area contributed by atoms with Gasteiger partial charge < -0.3 is 5.73 Å². The van der Waals surface area contributed by atoms with E-state index in [-0.39, 0.29) is 12.8 Å². The van der Waals surface area contributed by atoms with Crippen LogP contribution in [-0.4, -0.2) is 36.2 Å². The number of hydrogen-bond acceptors (Lipinski definition) is 2. The number of rotatable bonds is 6. The Hall–Kier alpha value is -0.290. The van der Waals surface area contributed by atoms with Crippen molar-refractivity contribution in [3.05, 3.63) is 0 Å². The van der Waals surface area contributed by atoms with Gasteiger partial charge in [-0.2, -0.15) is 13.2 Å². The highest BCUT2D eigenvalue weighted by Crippen LogP contribution is 2.43. The van der Waals surface area contributed by atoms with Crippen molar-refractivity contribution in [3.8, 4) is 0 Å². The van der Waals surface area contributed by atoms with Crippen LogP contribution in [0, 0.1) is 5.92 Å². The van der Waals surface area contributed by atoms with E-state index in [1.165, 1.54) is 0 Å². The van der Waals surface area contributed by atoms with Crippen molar-refractivity contribution < 1.29 is 13.2 Å². The van der Waals surface area contributed by atoms with Crippen LogP contribution in [0.3, 0.4) is 0 Å². The molecular weight excluding hydrogens is 253 g/mol. The quantitative estimate of drug-likeness (QED) is 0.806. The third-order valence-corrected chi connectivity index (χ3v) is 4.50. The lowest BCUT2D eigenvalue weighted by Crippen LogP contribution is -2.57. The maximum absolute atomic E-state index is 13.0. The van der Waals surface area contributed by atoms with Crippen LogP contribution in [0.4, 0.5) is 13.2 Å². The van der Waals surface area contributed by atoms with Gasteiger partial charge in [0.05, 0.1) is 5.92 Å². The second-order valence-corrected chi connectivity index (χ2v) is 5.70. The first-order chi connectivity index (χ1) is 8.89. The second-order valence-electron chi connectivity index (χ2n) is 5.70. The highest BCUT2D eigenvalue weighted by molar-refractivity contribution is 4.97. The zero-order valence-electron chi connectivity index (χ0n) is 12.1. The van der Waals surface area contributed by atoms with Gasteiger partial charge >= 0.3 is 6.18 Å². The van der Waals surface area contributed by atoms with Crippen LogP contribution in [0.5, 0.6) is 0 Å². The Kier molecular flexibility index (Phi) is 6.12. The maximum Gasteiger partial charge on any atom is 0.391 e. The fraction of sp³-hybridized carbons (Fsp3) is 1.00. The van der Waals surface area contributed by atoms with E-state index in [9.17, 15) is 13.2 Å². The largest absolute Gasteiger partial charge is 0.391 e. The SMILES string of the molecule is CCCCN(CC)C1(CN)CCCC(C(F)(F)F)C1. The third kappa shape index (κ3) is 4.09. The molecule has 2 nitrogen and oxygen atoms in total. The molecule has 0 heterocycles. The summed E-state index contributed by atoms with van der Waals surface area (Å²) in [4.78, 5) is 2.19. The van der Waals surface area contributed by atoms with E-state index < -0.39 is 17.6 Å². The van der Waals surface area contributed by atoms with E-state index in [2.05, 4.69) is 11.8 Å². The fourth-order valence-corrected chi connectivity index (χ4v) is 3.30. The Balaban J connectivity index is 2.82. The molecule has 1 rings (SSSR count). The Morgan fingerprint density at radius 3 is 2.47 bits per heavy atom. The zero-order valence-corrected chi connectivity index (χ0v) is 12.1. The molecule has 1 fully saturated rings. The summed E-state index contributed by atoms with van der Waals surface area (Å²) < 4.78 is 38.9. The van der Waals surface area contributed by atoms with Gasteiger partial charge in [-0.1, -0.05) is 26.7 Å². The number of nitrogens with two attached hydrogens (primary N) is 1. The van der Waals surface area contributed by atoms with Crippen molar-refractivity contribution in [3.63, 3.8) is 0 Å². The first kappa shape index (κ1) is 16.8. The molecule has 0 bridgehead atoms. The summed E-state index contributed by atoms with van der Waals surface area (Å²) in [6, 6.07) is 0. The molecule has 114 valence electrons. The monoisotopic (exact) mass is 280 g/mol. The normalized spacial score (nSPS) is 28.9. The number of unbranched alkanes of at least 4 members (excludes halogenated alkanes) is 1. The molecule has 5 heteroatoms. The highest BCUT2D eigenvalue weighted by atomic mass is 19.4. The average molecular weight is 280 g/mol. The van der Waals surface area contributed by atoms with Crippen LogP contribution >= 0.6 is 0 Å². The molecule has 19 heavy (non-hydrogen) atoms. The van der Waals surface area contributed by atoms with Crippen LogP contribution < -0.4 is 5.73 Å². The van der Waals surface area contributed by atoms with Gasteiger partial charge in [0.2, 0.25) is 0 Å². The molecule has 2 unspecified atom stereocenters. The van der Waals surface area contributed by atoms with E-state index in [4.69, 9.17) is 5.73 Å². The van der Waals surface area contributed by atoms with E-state index in [0.29, 0.717) is 13.0 Å². The smallest absolute Gasteiger partial charge is 0.329 e. The fourth-order valence-electron chi connectivity index (χ4n) is 3.30. The lowest BCUT2D eigenvalue weighted by atomic mass is 9.74. The summed E-state index contributed by atoms with van der Waals surface area (Å²) in [7, 11) is 0. The second kappa shape index (κ2) is 6.93. The topological polar surface area (TPSA) is 29.3 Å². The van der Waals surface area contributed by atoms with Crippen LogP contribution in [-0.2, 0) is 0 Å². The summed E-state index contributed by atoms with van der Waals surface area (Å²) in [5.74, 6) is -1.18. The molecule has 1 aliphatic rings. The Morgan fingerprint density at radius 2 is 2.00 bits per heavy atom. The Bertz CT molecular complexity index is 268. The van der Waals surface area contributed by atoms with Crippen molar-refractivity contribution >= 4 is 0 Å². The molecule has 1 saturated carbocycles. The molecule has 0 radical (unpaired) electrons. The average Bonchev–Trinajstić information content (AvgIpc) is 2.39. The summed E-state index contributed by atoms with van der Waals surface area (Å²) in [6.07, 6.45) is -0.143. The summed E-state index contributed by atoms with van der Waals surface area (Å²) in [5, 5.41) is 0. The molecule has 0 aromatic heterocycles. The van der Waals surface area contributed by atoms with Crippen molar-refractivity contribution in [2.75, 3.05) is 19.6 Å². The summed E-state index contributed by atoms with van der Waals surface area (Å²) in [5.41, 5.74) is 5.44. The lowest BCUT2D eigenvalue weighted by Gasteiger charge is -2.48. The predicted molar refractivity (Wildman–Crippen MR) is 72.0 cm³/mol. The van der Waals surface area contributed by atoms with Gasteiger partial charge in [-0.05, 0) is 38.8 Å². The number of halogens is 3. The van der Waals surface area contributed by atoms with Crippen molar-refractivity contribution in [1.29, 1.82) is 0 Å². The van der Waals surface area contributed by atoms with Gasteiger partial charge in [0.15, 0.2) is 0 Å². The molecule has 0 aliphatic heterocycles. The molecule has 0 amide bonds. The minimum absolute atomic E-state index is 0.171. The minimum atomic E-state index is -4.08.